The van der Waals surface area contributed by atoms with Crippen molar-refractivity contribution < 1.29 is 19.4 Å². The van der Waals surface area contributed by atoms with E-state index in [2.05, 4.69) is 20.6 Å². The van der Waals surface area contributed by atoms with E-state index in [1.54, 1.807) is 53.7 Å². The second-order valence-electron chi connectivity index (χ2n) is 8.56. The molecule has 0 saturated carbocycles. The number of methoxy groups -OCH3 is 1. The van der Waals surface area contributed by atoms with Gasteiger partial charge in [0.25, 0.3) is 10.9 Å². The molecule has 0 aliphatic carbocycles. The van der Waals surface area contributed by atoms with Crippen molar-refractivity contribution in [3.05, 3.63) is 80.5 Å². The summed E-state index contributed by atoms with van der Waals surface area (Å²) in [5.74, 6) is -1.30. The van der Waals surface area contributed by atoms with Gasteiger partial charge in [-0.2, -0.15) is 0 Å². The normalized spacial score (nSPS) is 11.8. The molecule has 0 amide bonds. The Kier molecular flexibility index (Phi) is 7.66. The molecule has 0 aliphatic rings. The highest BCUT2D eigenvalue weighted by Gasteiger charge is 2.29. The number of aliphatic carboxylic acids is 1. The minimum absolute atomic E-state index is 0.0430. The van der Waals surface area contributed by atoms with Crippen LogP contribution in [0, 0.1) is 0 Å². The molecule has 0 unspecified atom stereocenters. The van der Waals surface area contributed by atoms with Gasteiger partial charge in [-0.05, 0) is 49.1 Å². The highest BCUT2D eigenvalue weighted by Crippen LogP contribution is 2.26. The highest BCUT2D eigenvalue weighted by molar-refractivity contribution is 5.98. The summed E-state index contributed by atoms with van der Waals surface area (Å²) in [6, 6.07) is 9.27. The molecule has 2 aromatic heterocycles. The molecule has 4 rings (SSSR count). The lowest BCUT2D eigenvalue weighted by atomic mass is 10.0. The van der Waals surface area contributed by atoms with Crippen LogP contribution in [-0.2, 0) is 16.0 Å². The first-order valence-corrected chi connectivity index (χ1v) is 12.0. The monoisotopic (exact) mass is 517 g/mol. The minimum Gasteiger partial charge on any atom is -0.480 e. The fourth-order valence-electron chi connectivity index (χ4n) is 4.22. The Balaban J connectivity index is 1.54. The molecule has 2 aromatic carbocycles. The fraction of sp³-hybridized carbons (Fsp3) is 0.259. The number of nitrogens with zero attached hydrogens (tertiary/aromatic N) is 3. The lowest BCUT2D eigenvalue weighted by Gasteiger charge is -2.26. The van der Waals surface area contributed by atoms with Crippen molar-refractivity contribution in [2.24, 2.45) is 0 Å². The molecular formula is C27H27N5O6. The lowest BCUT2D eigenvalue weighted by Crippen LogP contribution is -2.45. The van der Waals surface area contributed by atoms with Crippen molar-refractivity contribution in [3.8, 4) is 0 Å². The van der Waals surface area contributed by atoms with Crippen molar-refractivity contribution in [1.82, 2.24) is 9.97 Å². The number of carboxylic acid groups (broad SMARTS) is 1. The minimum atomic E-state index is -1.14. The van der Waals surface area contributed by atoms with Gasteiger partial charge in [0.15, 0.2) is 5.69 Å². The summed E-state index contributed by atoms with van der Waals surface area (Å²) in [6.07, 6.45) is 3.33. The molecule has 0 radical (unpaired) electrons. The van der Waals surface area contributed by atoms with Crippen LogP contribution >= 0.6 is 0 Å². The van der Waals surface area contributed by atoms with Gasteiger partial charge in [-0.3, -0.25) is 14.6 Å². The molecule has 0 aliphatic heterocycles. The zero-order valence-corrected chi connectivity index (χ0v) is 21.1. The van der Waals surface area contributed by atoms with Crippen LogP contribution in [0.25, 0.3) is 10.8 Å². The number of esters is 1. The van der Waals surface area contributed by atoms with Gasteiger partial charge in [-0.15, -0.1) is 0 Å². The van der Waals surface area contributed by atoms with Gasteiger partial charge in [0, 0.05) is 43.0 Å². The third-order valence-electron chi connectivity index (χ3n) is 6.27. The molecule has 38 heavy (non-hydrogen) atoms. The van der Waals surface area contributed by atoms with Crippen molar-refractivity contribution >= 4 is 45.6 Å². The topological polar surface area (TPSA) is 151 Å². The van der Waals surface area contributed by atoms with E-state index in [4.69, 9.17) is 4.74 Å². The van der Waals surface area contributed by atoms with Crippen LogP contribution in [-0.4, -0.2) is 53.3 Å². The summed E-state index contributed by atoms with van der Waals surface area (Å²) in [6.45, 7) is 4.75. The molecule has 2 heterocycles. The smallest absolute Gasteiger partial charge is 0.356 e. The molecule has 3 N–H and O–H groups in total. The largest absolute Gasteiger partial charge is 0.480 e. The van der Waals surface area contributed by atoms with Crippen LogP contribution in [0.1, 0.15) is 29.9 Å². The van der Waals surface area contributed by atoms with E-state index < -0.39 is 28.8 Å². The van der Waals surface area contributed by atoms with Crippen LogP contribution in [0.15, 0.2) is 58.4 Å². The predicted octanol–water partition coefficient (Wildman–Crippen LogP) is 2.71. The van der Waals surface area contributed by atoms with E-state index in [1.807, 2.05) is 13.8 Å². The number of benzene rings is 1. The summed E-state index contributed by atoms with van der Waals surface area (Å²) < 4.78 is 4.80. The summed E-state index contributed by atoms with van der Waals surface area (Å²) >= 11 is 0. The Morgan fingerprint density at radius 2 is 1.79 bits per heavy atom. The summed E-state index contributed by atoms with van der Waals surface area (Å²) in [5, 5.41) is 17.2. The Labute approximate surface area is 217 Å². The number of carboxylic acids is 1. The summed E-state index contributed by atoms with van der Waals surface area (Å²) in [5.41, 5.74) is 0.448. The molecule has 0 fully saturated rings. The Bertz CT molecular complexity index is 1560. The molecule has 11 heteroatoms. The van der Waals surface area contributed by atoms with Crippen molar-refractivity contribution in [3.63, 3.8) is 0 Å². The van der Waals surface area contributed by atoms with Crippen molar-refractivity contribution in [1.29, 1.82) is 0 Å². The second kappa shape index (κ2) is 11.1. The molecule has 0 spiro atoms. The maximum Gasteiger partial charge on any atom is 0.356 e. The van der Waals surface area contributed by atoms with E-state index >= 15 is 0 Å². The highest BCUT2D eigenvalue weighted by atomic mass is 16.5. The van der Waals surface area contributed by atoms with Gasteiger partial charge in [0.05, 0.1) is 7.11 Å². The first kappa shape index (κ1) is 26.3. The second-order valence-corrected chi connectivity index (χ2v) is 8.56. The van der Waals surface area contributed by atoms with E-state index in [0.29, 0.717) is 35.5 Å². The Morgan fingerprint density at radius 3 is 2.42 bits per heavy atom. The molecule has 0 saturated heterocycles. The zero-order valence-electron chi connectivity index (χ0n) is 21.1. The number of aromatic nitrogens is 2. The average molecular weight is 518 g/mol. The van der Waals surface area contributed by atoms with Crippen molar-refractivity contribution in [2.75, 3.05) is 35.7 Å². The standard InChI is InChI=1S/C27H27N5O6/c1-4-32(5-2)22-21(23(33)24(22)34)30-19(26(35)36)12-15-6-8-17(9-7-15)29-25-18-14-28-11-10-16(18)13-20(31-25)27(37)38-3/h6-11,13-14,19,30H,4-5,12H2,1-3H3,(H,29,31)(H,35,36)/t19-/m0/s1. The predicted molar refractivity (Wildman–Crippen MR) is 144 cm³/mol. The number of fused-ring (bicyclic) bond motifs is 1. The maximum atomic E-state index is 12.2. The molecule has 196 valence electrons. The molecular weight excluding hydrogens is 490 g/mol. The number of pyridine rings is 2. The zero-order chi connectivity index (χ0) is 27.4. The summed E-state index contributed by atoms with van der Waals surface area (Å²) in [7, 11) is 1.28. The number of ether oxygens (including phenoxy) is 1. The van der Waals surface area contributed by atoms with Crippen LogP contribution in [0.4, 0.5) is 22.9 Å². The fourth-order valence-corrected chi connectivity index (χ4v) is 4.22. The van der Waals surface area contributed by atoms with E-state index in [0.717, 1.165) is 5.39 Å². The first-order valence-electron chi connectivity index (χ1n) is 12.0. The lowest BCUT2D eigenvalue weighted by molar-refractivity contribution is -0.137. The van der Waals surface area contributed by atoms with Crippen LogP contribution < -0.4 is 26.4 Å². The van der Waals surface area contributed by atoms with Gasteiger partial charge < -0.3 is 25.4 Å². The molecule has 11 nitrogen and oxygen atoms in total. The van der Waals surface area contributed by atoms with E-state index in [9.17, 15) is 24.3 Å². The third kappa shape index (κ3) is 5.17. The maximum absolute atomic E-state index is 12.2. The van der Waals surface area contributed by atoms with Crippen molar-refractivity contribution in [2.45, 2.75) is 26.3 Å². The number of carbonyl (C=O) groups excluding carboxylic acids is 1. The SMILES string of the molecule is CCN(CC)c1c(N[C@@H](Cc2ccc(Nc3nc(C(=O)OC)cc4ccncc34)cc2)C(=O)O)c(=O)c1=O. The van der Waals surface area contributed by atoms with E-state index in [1.165, 1.54) is 7.11 Å². The number of rotatable bonds is 11. The third-order valence-corrected chi connectivity index (χ3v) is 6.27. The van der Waals surface area contributed by atoms with E-state index in [-0.39, 0.29) is 23.5 Å². The number of nitrogens with one attached hydrogen (secondary N) is 2. The number of hydrogen-bond donors (Lipinski definition) is 3. The van der Waals surface area contributed by atoms with Gasteiger partial charge in [-0.1, -0.05) is 12.1 Å². The van der Waals surface area contributed by atoms with Crippen LogP contribution in [0.3, 0.4) is 0 Å². The molecule has 1 atom stereocenters. The molecule has 0 bridgehead atoms. The van der Waals surface area contributed by atoms with Gasteiger partial charge >= 0.3 is 11.9 Å². The average Bonchev–Trinajstić information content (AvgIpc) is 2.94. The Hall–Kier alpha value is -4.80. The van der Waals surface area contributed by atoms with Gasteiger partial charge in [0.2, 0.25) is 0 Å². The number of anilines is 4. The first-order chi connectivity index (χ1) is 18.3. The van der Waals surface area contributed by atoms with Gasteiger partial charge in [-0.25, -0.2) is 14.6 Å². The summed E-state index contributed by atoms with van der Waals surface area (Å²) in [4.78, 5) is 58.6. The van der Waals surface area contributed by atoms with Crippen LogP contribution in [0.2, 0.25) is 0 Å². The van der Waals surface area contributed by atoms with Crippen LogP contribution in [0.5, 0.6) is 0 Å². The molecule has 4 aromatic rings. The number of carbonyl (C=O) groups is 2. The number of hydrogen-bond acceptors (Lipinski definition) is 10. The Morgan fingerprint density at radius 1 is 1.08 bits per heavy atom. The van der Waals surface area contributed by atoms with Gasteiger partial charge in [0.1, 0.15) is 23.2 Å². The quantitative estimate of drug-likeness (QED) is 0.199.